The number of benzene rings is 2. The van der Waals surface area contributed by atoms with Gasteiger partial charge in [0, 0.05) is 0 Å². The lowest BCUT2D eigenvalue weighted by molar-refractivity contribution is 0.195. The van der Waals surface area contributed by atoms with Gasteiger partial charge in [-0.2, -0.15) is 0 Å². The van der Waals surface area contributed by atoms with E-state index in [0.29, 0.717) is 12.8 Å². The minimum atomic E-state index is -0.342. The molecule has 0 radical (unpaired) electrons. The Morgan fingerprint density at radius 1 is 0.800 bits per heavy atom. The number of hydrogen-bond donors (Lipinski definition) is 2. The summed E-state index contributed by atoms with van der Waals surface area (Å²) in [4.78, 5) is 0. The molecule has 0 saturated heterocycles. The molecule has 2 rings (SSSR count). The van der Waals surface area contributed by atoms with Gasteiger partial charge in [-0.1, -0.05) is 48.5 Å². The molecule has 0 bridgehead atoms. The van der Waals surface area contributed by atoms with E-state index < -0.39 is 0 Å². The zero-order valence-corrected chi connectivity index (χ0v) is 12.1. The molecule has 2 aromatic carbocycles. The van der Waals surface area contributed by atoms with E-state index in [1.54, 1.807) is 6.92 Å². The van der Waals surface area contributed by atoms with Gasteiger partial charge in [0.15, 0.2) is 0 Å². The van der Waals surface area contributed by atoms with Gasteiger partial charge in [-0.15, -0.1) is 0 Å². The maximum absolute atomic E-state index is 9.59. The molecule has 0 aliphatic heterocycles. The summed E-state index contributed by atoms with van der Waals surface area (Å²) < 4.78 is 0. The Bertz CT molecular complexity index is 542. The molecule has 2 atom stereocenters. The normalized spacial score (nSPS) is 14.0. The second kappa shape index (κ2) is 6.69. The molecule has 0 saturated carbocycles. The van der Waals surface area contributed by atoms with Gasteiger partial charge in [-0.05, 0) is 48.9 Å². The van der Waals surface area contributed by atoms with Crippen LogP contribution in [0.5, 0.6) is 0 Å². The third-order valence-electron chi connectivity index (χ3n) is 3.33. The lowest BCUT2D eigenvalue weighted by Crippen LogP contribution is -2.05. The van der Waals surface area contributed by atoms with Crippen molar-refractivity contribution in [2.45, 2.75) is 38.9 Å². The fourth-order valence-corrected chi connectivity index (χ4v) is 2.46. The van der Waals surface area contributed by atoms with Crippen molar-refractivity contribution in [3.8, 4) is 11.1 Å². The zero-order valence-electron chi connectivity index (χ0n) is 12.1. The highest BCUT2D eigenvalue weighted by Crippen LogP contribution is 2.25. The molecule has 20 heavy (non-hydrogen) atoms. The summed E-state index contributed by atoms with van der Waals surface area (Å²) in [5.74, 6) is 0. The Hall–Kier alpha value is -1.64. The molecule has 106 valence electrons. The van der Waals surface area contributed by atoms with Gasteiger partial charge in [0.1, 0.15) is 0 Å². The van der Waals surface area contributed by atoms with Crippen LogP contribution in [0.2, 0.25) is 0 Å². The molecule has 0 amide bonds. The van der Waals surface area contributed by atoms with Gasteiger partial charge >= 0.3 is 0 Å². The van der Waals surface area contributed by atoms with Crippen molar-refractivity contribution in [1.82, 2.24) is 0 Å². The van der Waals surface area contributed by atoms with Crippen molar-refractivity contribution in [2.24, 2.45) is 0 Å². The molecule has 2 N–H and O–H groups in total. The Morgan fingerprint density at radius 2 is 1.40 bits per heavy atom. The SMILES string of the molecule is CC(O)Cc1ccc(-c2ccccc2CC(C)O)cc1. The van der Waals surface area contributed by atoms with Crippen LogP contribution in [0.1, 0.15) is 25.0 Å². The Morgan fingerprint density at radius 3 is 2.00 bits per heavy atom. The Balaban J connectivity index is 2.27. The molecular formula is C18H22O2. The van der Waals surface area contributed by atoms with Crippen LogP contribution in [0, 0.1) is 0 Å². The third-order valence-corrected chi connectivity index (χ3v) is 3.33. The highest BCUT2D eigenvalue weighted by molar-refractivity contribution is 5.67. The summed E-state index contributed by atoms with van der Waals surface area (Å²) in [6.07, 6.45) is 0.676. The van der Waals surface area contributed by atoms with Crippen LogP contribution in [-0.2, 0) is 12.8 Å². The Labute approximate surface area is 120 Å². The van der Waals surface area contributed by atoms with E-state index in [1.807, 2.05) is 19.1 Å². The third kappa shape index (κ3) is 3.92. The smallest absolute Gasteiger partial charge is 0.0552 e. The molecule has 2 unspecified atom stereocenters. The molecule has 0 aromatic heterocycles. The number of aliphatic hydroxyl groups is 2. The molecule has 2 aromatic rings. The first-order valence-corrected chi connectivity index (χ1v) is 7.09. The second-order valence-electron chi connectivity index (χ2n) is 5.46. The van der Waals surface area contributed by atoms with Crippen molar-refractivity contribution < 1.29 is 10.2 Å². The maximum atomic E-state index is 9.59. The first-order chi connectivity index (χ1) is 9.56. The average Bonchev–Trinajstić information content (AvgIpc) is 2.39. The summed E-state index contributed by atoms with van der Waals surface area (Å²) in [5.41, 5.74) is 4.61. The molecule has 0 fully saturated rings. The molecular weight excluding hydrogens is 248 g/mol. The van der Waals surface area contributed by atoms with E-state index in [0.717, 1.165) is 22.3 Å². The van der Waals surface area contributed by atoms with Gasteiger partial charge < -0.3 is 10.2 Å². The fourth-order valence-electron chi connectivity index (χ4n) is 2.46. The second-order valence-corrected chi connectivity index (χ2v) is 5.46. The highest BCUT2D eigenvalue weighted by Gasteiger charge is 2.07. The summed E-state index contributed by atoms with van der Waals surface area (Å²) in [7, 11) is 0. The van der Waals surface area contributed by atoms with E-state index in [2.05, 4.69) is 36.4 Å². The van der Waals surface area contributed by atoms with Crippen molar-refractivity contribution >= 4 is 0 Å². The van der Waals surface area contributed by atoms with E-state index in [-0.39, 0.29) is 12.2 Å². The van der Waals surface area contributed by atoms with Gasteiger partial charge in [-0.25, -0.2) is 0 Å². The fraction of sp³-hybridized carbons (Fsp3) is 0.333. The van der Waals surface area contributed by atoms with E-state index >= 15 is 0 Å². The topological polar surface area (TPSA) is 40.5 Å². The Kier molecular flexibility index (Phi) is 4.94. The van der Waals surface area contributed by atoms with Gasteiger partial charge in [0.05, 0.1) is 12.2 Å². The van der Waals surface area contributed by atoms with Crippen molar-refractivity contribution in [2.75, 3.05) is 0 Å². The van der Waals surface area contributed by atoms with Crippen LogP contribution >= 0.6 is 0 Å². The molecule has 2 heteroatoms. The summed E-state index contributed by atoms with van der Waals surface area (Å²) >= 11 is 0. The molecule has 2 nitrogen and oxygen atoms in total. The summed E-state index contributed by atoms with van der Waals surface area (Å²) in [6.45, 7) is 3.61. The monoisotopic (exact) mass is 270 g/mol. The zero-order chi connectivity index (χ0) is 14.5. The predicted molar refractivity (Wildman–Crippen MR) is 82.6 cm³/mol. The van der Waals surface area contributed by atoms with Crippen molar-refractivity contribution in [1.29, 1.82) is 0 Å². The largest absolute Gasteiger partial charge is 0.393 e. The lowest BCUT2D eigenvalue weighted by Gasteiger charge is -2.12. The number of rotatable bonds is 5. The van der Waals surface area contributed by atoms with Gasteiger partial charge in [0.2, 0.25) is 0 Å². The predicted octanol–water partition coefficient (Wildman–Crippen LogP) is 3.20. The average molecular weight is 270 g/mol. The van der Waals surface area contributed by atoms with Crippen LogP contribution < -0.4 is 0 Å². The first kappa shape index (κ1) is 14.8. The van der Waals surface area contributed by atoms with Crippen LogP contribution in [0.4, 0.5) is 0 Å². The number of hydrogen-bond acceptors (Lipinski definition) is 2. The van der Waals surface area contributed by atoms with Crippen LogP contribution in [0.3, 0.4) is 0 Å². The quantitative estimate of drug-likeness (QED) is 0.876. The van der Waals surface area contributed by atoms with Gasteiger partial charge in [-0.3, -0.25) is 0 Å². The van der Waals surface area contributed by atoms with E-state index in [1.165, 1.54) is 0 Å². The summed E-state index contributed by atoms with van der Waals surface area (Å²) in [5, 5.41) is 19.0. The standard InChI is InChI=1S/C18H22O2/c1-13(19)11-15-7-9-16(10-8-15)18-6-4-3-5-17(18)12-14(2)20/h3-10,13-14,19-20H,11-12H2,1-2H3. The highest BCUT2D eigenvalue weighted by atomic mass is 16.3. The van der Waals surface area contributed by atoms with E-state index in [4.69, 9.17) is 0 Å². The van der Waals surface area contributed by atoms with Crippen molar-refractivity contribution in [3.05, 3.63) is 59.7 Å². The van der Waals surface area contributed by atoms with E-state index in [9.17, 15) is 10.2 Å². The molecule has 0 heterocycles. The van der Waals surface area contributed by atoms with Crippen molar-refractivity contribution in [3.63, 3.8) is 0 Å². The molecule has 0 aliphatic rings. The number of aliphatic hydroxyl groups excluding tert-OH is 2. The lowest BCUT2D eigenvalue weighted by atomic mass is 9.95. The van der Waals surface area contributed by atoms with Crippen LogP contribution in [0.15, 0.2) is 48.5 Å². The minimum absolute atomic E-state index is 0.316. The maximum Gasteiger partial charge on any atom is 0.0552 e. The van der Waals surface area contributed by atoms with Gasteiger partial charge in [0.25, 0.3) is 0 Å². The minimum Gasteiger partial charge on any atom is -0.393 e. The van der Waals surface area contributed by atoms with Crippen LogP contribution in [-0.4, -0.2) is 22.4 Å². The van der Waals surface area contributed by atoms with Crippen LogP contribution in [0.25, 0.3) is 11.1 Å². The summed E-state index contributed by atoms with van der Waals surface area (Å²) in [6, 6.07) is 16.4. The first-order valence-electron chi connectivity index (χ1n) is 7.09. The molecule has 0 aliphatic carbocycles. The molecule has 0 spiro atoms.